The molecule has 1 fully saturated rings. The van der Waals surface area contributed by atoms with E-state index >= 15 is 0 Å². The molecule has 0 spiro atoms. The Hall–Kier alpha value is 1.37. The first-order valence-electron chi connectivity index (χ1n) is 2.22. The van der Waals surface area contributed by atoms with E-state index in [2.05, 4.69) is 4.74 Å². The molecule has 2 atom stereocenters. The predicted octanol–water partition coefficient (Wildman–Crippen LogP) is -1.01. The zero-order valence-electron chi connectivity index (χ0n) is 4.31. The summed E-state index contributed by atoms with van der Waals surface area (Å²) in [6, 6.07) is 0. The monoisotopic (exact) mass is 180 g/mol. The standard InChI is InChI=1S/C3H7O4P.Ca.2H/c1-2-3(7-2)8(4,5)6;;;/h2-3H,1H3,(H2,4,5,6);;;/t2-,3+;;;/m0.../s1. The van der Waals surface area contributed by atoms with Gasteiger partial charge < -0.3 is 14.5 Å². The van der Waals surface area contributed by atoms with Gasteiger partial charge in [-0.2, -0.15) is 0 Å². The van der Waals surface area contributed by atoms with Gasteiger partial charge in [0.1, 0.15) is 0 Å². The molecule has 0 amide bonds. The molecular formula is C3H9CaO4P. The van der Waals surface area contributed by atoms with Crippen LogP contribution >= 0.6 is 7.60 Å². The Morgan fingerprint density at radius 2 is 1.89 bits per heavy atom. The van der Waals surface area contributed by atoms with Crippen LogP contribution in [-0.4, -0.2) is 59.5 Å². The summed E-state index contributed by atoms with van der Waals surface area (Å²) < 4.78 is 14.7. The van der Waals surface area contributed by atoms with Gasteiger partial charge >= 0.3 is 45.3 Å². The fourth-order valence-corrected chi connectivity index (χ4v) is 1.42. The number of rotatable bonds is 1. The summed E-state index contributed by atoms with van der Waals surface area (Å²) in [4.78, 5) is 16.6. The molecule has 4 nitrogen and oxygen atoms in total. The number of hydrogen-bond donors (Lipinski definition) is 2. The van der Waals surface area contributed by atoms with Crippen molar-refractivity contribution >= 4 is 45.3 Å². The molecule has 6 heteroatoms. The summed E-state index contributed by atoms with van der Waals surface area (Å²) in [6.45, 7) is 1.63. The quantitative estimate of drug-likeness (QED) is 0.308. The van der Waals surface area contributed by atoms with Crippen molar-refractivity contribution < 1.29 is 19.1 Å². The molecule has 0 radical (unpaired) electrons. The van der Waals surface area contributed by atoms with Crippen LogP contribution in [-0.2, 0) is 9.30 Å². The second-order valence-corrected chi connectivity index (χ2v) is 3.51. The second kappa shape index (κ2) is 3.18. The molecule has 1 rings (SSSR count). The first-order chi connectivity index (χ1) is 3.52. The third kappa shape index (κ3) is 2.85. The van der Waals surface area contributed by atoms with Crippen molar-refractivity contribution in [2.75, 3.05) is 0 Å². The van der Waals surface area contributed by atoms with E-state index in [1.807, 2.05) is 0 Å². The summed E-state index contributed by atoms with van der Waals surface area (Å²) in [6.07, 6.45) is -0.254. The molecule has 0 aromatic heterocycles. The molecule has 0 aliphatic carbocycles. The van der Waals surface area contributed by atoms with Crippen LogP contribution < -0.4 is 0 Å². The fraction of sp³-hybridized carbons (Fsp3) is 1.00. The average Bonchev–Trinajstić information content (AvgIpc) is 2.13. The van der Waals surface area contributed by atoms with Crippen LogP contribution in [0.4, 0.5) is 0 Å². The van der Waals surface area contributed by atoms with Crippen LogP contribution in [0.2, 0.25) is 0 Å². The molecule has 9 heavy (non-hydrogen) atoms. The molecular weight excluding hydrogens is 171 g/mol. The Balaban J connectivity index is 0.000000640. The summed E-state index contributed by atoms with van der Waals surface area (Å²) in [5.41, 5.74) is 0. The van der Waals surface area contributed by atoms with Crippen LogP contribution in [0.1, 0.15) is 6.92 Å². The van der Waals surface area contributed by atoms with E-state index in [1.54, 1.807) is 6.92 Å². The molecule has 52 valence electrons. The van der Waals surface area contributed by atoms with Crippen LogP contribution in [0.5, 0.6) is 0 Å². The van der Waals surface area contributed by atoms with Crippen molar-refractivity contribution in [1.82, 2.24) is 0 Å². The van der Waals surface area contributed by atoms with E-state index in [1.165, 1.54) is 0 Å². The zero-order chi connectivity index (χ0) is 6.36. The maximum atomic E-state index is 10.2. The van der Waals surface area contributed by atoms with Gasteiger partial charge in [0.2, 0.25) is 0 Å². The number of epoxide rings is 1. The SMILES string of the molecule is C[C@@H]1O[C@@H]1P(=O)(O)O.[CaH2]. The minimum absolute atomic E-state index is 0. The Bertz CT molecular complexity index is 143. The van der Waals surface area contributed by atoms with E-state index in [4.69, 9.17) is 9.79 Å². The van der Waals surface area contributed by atoms with Crippen molar-refractivity contribution in [2.24, 2.45) is 0 Å². The Morgan fingerprint density at radius 3 is 1.89 bits per heavy atom. The molecule has 1 saturated heterocycles. The van der Waals surface area contributed by atoms with Gasteiger partial charge in [-0.05, 0) is 6.92 Å². The van der Waals surface area contributed by atoms with E-state index in [0.29, 0.717) is 0 Å². The van der Waals surface area contributed by atoms with Crippen LogP contribution in [0, 0.1) is 0 Å². The molecule has 1 aliphatic heterocycles. The molecule has 1 aliphatic rings. The van der Waals surface area contributed by atoms with E-state index in [0.717, 1.165) is 0 Å². The fourth-order valence-electron chi connectivity index (χ4n) is 0.527. The summed E-state index contributed by atoms with van der Waals surface area (Å²) in [7, 11) is -3.90. The number of hydrogen-bond acceptors (Lipinski definition) is 2. The Morgan fingerprint density at radius 1 is 1.56 bits per heavy atom. The summed E-state index contributed by atoms with van der Waals surface area (Å²) in [5, 5.41) is 0. The van der Waals surface area contributed by atoms with Gasteiger partial charge in [-0.15, -0.1) is 0 Å². The summed E-state index contributed by atoms with van der Waals surface area (Å²) >= 11 is 0. The van der Waals surface area contributed by atoms with Gasteiger partial charge in [-0.25, -0.2) is 0 Å². The van der Waals surface area contributed by atoms with Crippen LogP contribution in [0.15, 0.2) is 0 Å². The van der Waals surface area contributed by atoms with Crippen LogP contribution in [0.3, 0.4) is 0 Å². The third-order valence-corrected chi connectivity index (χ3v) is 2.22. The van der Waals surface area contributed by atoms with Gasteiger partial charge in [0, 0.05) is 0 Å². The van der Waals surface area contributed by atoms with Crippen molar-refractivity contribution in [2.45, 2.75) is 18.9 Å². The molecule has 2 N–H and O–H groups in total. The van der Waals surface area contributed by atoms with Crippen molar-refractivity contribution in [3.8, 4) is 0 Å². The number of ether oxygens (including phenoxy) is 1. The van der Waals surface area contributed by atoms with E-state index < -0.39 is 13.4 Å². The molecule has 0 bridgehead atoms. The molecule has 0 saturated carbocycles. The predicted molar refractivity (Wildman–Crippen MR) is 34.9 cm³/mol. The van der Waals surface area contributed by atoms with Gasteiger partial charge in [0.05, 0.1) is 6.10 Å². The molecule has 0 aromatic carbocycles. The Kier molecular flexibility index (Phi) is 3.66. The maximum absolute atomic E-state index is 10.2. The first-order valence-corrected chi connectivity index (χ1v) is 3.90. The van der Waals surface area contributed by atoms with Crippen LogP contribution in [0.25, 0.3) is 0 Å². The van der Waals surface area contributed by atoms with Gasteiger partial charge in [-0.1, -0.05) is 0 Å². The molecule has 1 heterocycles. The van der Waals surface area contributed by atoms with Gasteiger partial charge in [0.15, 0.2) is 5.85 Å². The first kappa shape index (κ1) is 10.4. The zero-order valence-corrected chi connectivity index (χ0v) is 5.21. The van der Waals surface area contributed by atoms with Crippen molar-refractivity contribution in [3.63, 3.8) is 0 Å². The second-order valence-electron chi connectivity index (χ2n) is 1.82. The third-order valence-electron chi connectivity index (χ3n) is 1.01. The van der Waals surface area contributed by atoms with E-state index in [9.17, 15) is 4.57 Å². The Labute approximate surface area is 82.7 Å². The van der Waals surface area contributed by atoms with E-state index in [-0.39, 0.29) is 43.8 Å². The van der Waals surface area contributed by atoms with Crippen molar-refractivity contribution in [1.29, 1.82) is 0 Å². The molecule has 0 aromatic rings. The van der Waals surface area contributed by atoms with Gasteiger partial charge in [-0.3, -0.25) is 4.57 Å². The summed E-state index contributed by atoms with van der Waals surface area (Å²) in [5.74, 6) is -0.817. The van der Waals surface area contributed by atoms with Crippen molar-refractivity contribution in [3.05, 3.63) is 0 Å². The molecule has 0 unspecified atom stereocenters. The van der Waals surface area contributed by atoms with Gasteiger partial charge in [0.25, 0.3) is 0 Å². The average molecular weight is 180 g/mol. The minimum atomic E-state index is -3.90. The topological polar surface area (TPSA) is 70.1 Å². The normalized spacial score (nSPS) is 33.2.